The van der Waals surface area contributed by atoms with Gasteiger partial charge in [-0.05, 0) is 65.9 Å². The molecule has 3 amide bonds. The van der Waals surface area contributed by atoms with Crippen LogP contribution in [0.25, 0.3) is 11.2 Å². The number of carbonyl (C=O) groups excluding carboxylic acids is 2. The quantitative estimate of drug-likeness (QED) is 0.0926. The van der Waals surface area contributed by atoms with Crippen molar-refractivity contribution >= 4 is 34.9 Å². The van der Waals surface area contributed by atoms with E-state index >= 15 is 0 Å². The standard InChI is InChI=1S/C38H44N10O6/c1-2-31(51)44-29-17-30(34(53)33(29)52)48-21-42-32-35(40-19-28(23-3-7-26(49)8-4-23)24-5-9-27(50)10-6-24)45-37(46-36(32)48)47-16-13-25(20-47)43-38(54)41-18-22-11-14-39-15-12-22/h3-12,14-15,21,25,28-30,33-34,49-50,52-53H,2,13,16-20H2,1H3,(H,44,51)(H,40,45,46)(H2,41,43,54)/t25?,29-,30+,33+,34-/m0/s1. The Morgan fingerprint density at radius 1 is 0.907 bits per heavy atom. The van der Waals surface area contributed by atoms with E-state index < -0.39 is 24.3 Å². The number of phenolic OH excluding ortho intramolecular Hbond substituents is 2. The van der Waals surface area contributed by atoms with Crippen molar-refractivity contribution < 1.29 is 30.0 Å². The number of carbonyl (C=O) groups is 2. The molecule has 1 saturated heterocycles. The molecule has 0 bridgehead atoms. The fraction of sp³-hybridized carbons (Fsp3) is 0.368. The number of urea groups is 1. The second-order valence-corrected chi connectivity index (χ2v) is 13.7. The number of rotatable bonds is 12. The zero-order chi connectivity index (χ0) is 37.8. The number of nitrogens with zero attached hydrogens (tertiary/aromatic N) is 6. The number of pyridine rings is 1. The number of hydrogen-bond donors (Lipinski definition) is 8. The van der Waals surface area contributed by atoms with Gasteiger partial charge in [-0.1, -0.05) is 31.2 Å². The molecular formula is C38H44N10O6. The Labute approximate surface area is 311 Å². The summed E-state index contributed by atoms with van der Waals surface area (Å²) in [5.74, 6) is 0.670. The largest absolute Gasteiger partial charge is 0.508 e. The Morgan fingerprint density at radius 3 is 2.26 bits per heavy atom. The first-order chi connectivity index (χ1) is 26.2. The third-order valence-electron chi connectivity index (χ3n) is 10.2. The molecule has 2 aromatic carbocycles. The van der Waals surface area contributed by atoms with E-state index in [9.17, 15) is 30.0 Å². The lowest BCUT2D eigenvalue weighted by Gasteiger charge is -2.22. The predicted octanol–water partition coefficient (Wildman–Crippen LogP) is 2.52. The topological polar surface area (TPSA) is 223 Å². The van der Waals surface area contributed by atoms with Gasteiger partial charge in [0.15, 0.2) is 17.0 Å². The van der Waals surface area contributed by atoms with Gasteiger partial charge < -0.3 is 51.2 Å². The monoisotopic (exact) mass is 736 g/mol. The Kier molecular flexibility index (Phi) is 10.7. The molecule has 2 fully saturated rings. The summed E-state index contributed by atoms with van der Waals surface area (Å²) in [5, 5.41) is 54.3. The first-order valence-corrected chi connectivity index (χ1v) is 18.1. The number of aromatic nitrogens is 5. The number of aliphatic hydroxyl groups excluding tert-OH is 2. The Bertz CT molecular complexity index is 2020. The van der Waals surface area contributed by atoms with E-state index in [1.807, 2.05) is 41.3 Å². The molecule has 8 N–H and O–H groups in total. The molecule has 4 heterocycles. The van der Waals surface area contributed by atoms with E-state index in [1.54, 1.807) is 54.5 Å². The second-order valence-electron chi connectivity index (χ2n) is 13.7. The first-order valence-electron chi connectivity index (χ1n) is 18.1. The smallest absolute Gasteiger partial charge is 0.315 e. The number of phenols is 2. The van der Waals surface area contributed by atoms with Crippen LogP contribution < -0.4 is 26.2 Å². The van der Waals surface area contributed by atoms with Crippen molar-refractivity contribution in [3.63, 3.8) is 0 Å². The van der Waals surface area contributed by atoms with Crippen molar-refractivity contribution in [2.45, 2.75) is 69.0 Å². The van der Waals surface area contributed by atoms with Crippen molar-refractivity contribution in [1.82, 2.24) is 40.5 Å². The van der Waals surface area contributed by atoms with E-state index in [0.717, 1.165) is 16.7 Å². The van der Waals surface area contributed by atoms with Crippen molar-refractivity contribution in [3.05, 3.63) is 96.1 Å². The van der Waals surface area contributed by atoms with E-state index in [0.29, 0.717) is 55.5 Å². The molecule has 7 rings (SSSR count). The Hall–Kier alpha value is -6.00. The van der Waals surface area contributed by atoms with Crippen molar-refractivity contribution in [2.24, 2.45) is 0 Å². The Balaban J connectivity index is 1.17. The highest BCUT2D eigenvalue weighted by Crippen LogP contribution is 2.36. The van der Waals surface area contributed by atoms with Gasteiger partial charge in [0.1, 0.15) is 23.7 Å². The summed E-state index contributed by atoms with van der Waals surface area (Å²) in [4.78, 5) is 45.5. The molecule has 0 spiro atoms. The van der Waals surface area contributed by atoms with Crippen molar-refractivity contribution in [3.8, 4) is 11.5 Å². The summed E-state index contributed by atoms with van der Waals surface area (Å²) in [5.41, 5.74) is 3.64. The lowest BCUT2D eigenvalue weighted by molar-refractivity contribution is -0.122. The fourth-order valence-corrected chi connectivity index (χ4v) is 7.17. The number of nitrogens with one attached hydrogen (secondary N) is 4. The number of imidazole rings is 1. The summed E-state index contributed by atoms with van der Waals surface area (Å²) in [7, 11) is 0. The molecule has 5 aromatic rings. The third kappa shape index (κ3) is 7.99. The molecule has 1 aliphatic heterocycles. The van der Waals surface area contributed by atoms with Gasteiger partial charge in [0, 0.05) is 57.0 Å². The maximum atomic E-state index is 12.8. The van der Waals surface area contributed by atoms with Crippen LogP contribution in [-0.4, -0.2) is 101 Å². The molecule has 282 valence electrons. The SMILES string of the molecule is CCC(=O)N[C@H]1C[C@@H](n2cnc3c(NCC(c4ccc(O)cc4)c4ccc(O)cc4)nc(N4CCC(NC(=O)NCc5ccncc5)C4)nc32)[C@H](O)[C@@H]1O. The van der Waals surface area contributed by atoms with E-state index in [4.69, 9.17) is 9.97 Å². The van der Waals surface area contributed by atoms with Gasteiger partial charge in [0.05, 0.1) is 18.4 Å². The normalized spacial score (nSPS) is 21.0. The van der Waals surface area contributed by atoms with Crippen LogP contribution in [0.1, 0.15) is 54.8 Å². The molecule has 1 aliphatic carbocycles. The lowest BCUT2D eigenvalue weighted by atomic mass is 9.91. The maximum absolute atomic E-state index is 12.8. The number of amides is 3. The van der Waals surface area contributed by atoms with Crippen LogP contribution in [0.3, 0.4) is 0 Å². The third-order valence-corrected chi connectivity index (χ3v) is 10.2. The summed E-state index contributed by atoms with van der Waals surface area (Å²) in [6.45, 7) is 3.45. The number of hydrogen-bond acceptors (Lipinski definition) is 12. The van der Waals surface area contributed by atoms with E-state index in [1.165, 1.54) is 0 Å². The highest BCUT2D eigenvalue weighted by atomic mass is 16.3. The molecule has 1 saturated carbocycles. The minimum atomic E-state index is -1.20. The van der Waals surface area contributed by atoms with Crippen LogP contribution in [0.2, 0.25) is 0 Å². The minimum absolute atomic E-state index is 0.143. The highest BCUT2D eigenvalue weighted by molar-refractivity contribution is 5.85. The van der Waals surface area contributed by atoms with Gasteiger partial charge >= 0.3 is 6.03 Å². The fourth-order valence-electron chi connectivity index (χ4n) is 7.17. The van der Waals surface area contributed by atoms with Gasteiger partial charge in [-0.25, -0.2) is 9.78 Å². The molecule has 3 aromatic heterocycles. The number of anilines is 2. The summed E-state index contributed by atoms with van der Waals surface area (Å²) >= 11 is 0. The van der Waals surface area contributed by atoms with E-state index in [-0.39, 0.29) is 48.2 Å². The van der Waals surface area contributed by atoms with Gasteiger partial charge in [0.2, 0.25) is 11.9 Å². The molecule has 2 aliphatic rings. The average Bonchev–Trinajstić information content (AvgIpc) is 3.90. The zero-order valence-corrected chi connectivity index (χ0v) is 29.7. The van der Waals surface area contributed by atoms with Crippen LogP contribution in [-0.2, 0) is 11.3 Å². The van der Waals surface area contributed by atoms with Gasteiger partial charge in [-0.2, -0.15) is 9.97 Å². The first kappa shape index (κ1) is 36.4. The maximum Gasteiger partial charge on any atom is 0.315 e. The van der Waals surface area contributed by atoms with Crippen LogP contribution in [0.15, 0.2) is 79.4 Å². The average molecular weight is 737 g/mol. The van der Waals surface area contributed by atoms with Crippen LogP contribution in [0.4, 0.5) is 16.6 Å². The zero-order valence-electron chi connectivity index (χ0n) is 29.7. The highest BCUT2D eigenvalue weighted by Gasteiger charge is 2.44. The van der Waals surface area contributed by atoms with Gasteiger partial charge in [0.25, 0.3) is 0 Å². The predicted molar refractivity (Wildman–Crippen MR) is 200 cm³/mol. The number of benzene rings is 2. The number of aromatic hydroxyl groups is 2. The summed E-state index contributed by atoms with van der Waals surface area (Å²) < 4.78 is 1.73. The molecule has 16 nitrogen and oxygen atoms in total. The van der Waals surface area contributed by atoms with Crippen LogP contribution >= 0.6 is 0 Å². The number of aliphatic hydroxyl groups is 2. The van der Waals surface area contributed by atoms with Gasteiger partial charge in [-0.3, -0.25) is 9.78 Å². The molecule has 1 unspecified atom stereocenters. The summed E-state index contributed by atoms with van der Waals surface area (Å²) in [6.07, 6.45) is 3.70. The van der Waals surface area contributed by atoms with Gasteiger partial charge in [-0.15, -0.1) is 0 Å². The van der Waals surface area contributed by atoms with E-state index in [2.05, 4.69) is 31.2 Å². The van der Waals surface area contributed by atoms with Crippen LogP contribution in [0.5, 0.6) is 11.5 Å². The van der Waals surface area contributed by atoms with Crippen molar-refractivity contribution in [2.75, 3.05) is 29.9 Å². The Morgan fingerprint density at radius 2 is 1.59 bits per heavy atom. The minimum Gasteiger partial charge on any atom is -0.508 e. The molecule has 0 radical (unpaired) electrons. The lowest BCUT2D eigenvalue weighted by Crippen LogP contribution is -2.43. The molecule has 5 atom stereocenters. The molecule has 54 heavy (non-hydrogen) atoms. The summed E-state index contributed by atoms with van der Waals surface area (Å²) in [6, 6.07) is 15.8. The number of fused-ring (bicyclic) bond motifs is 1. The second kappa shape index (κ2) is 15.9. The molecular weight excluding hydrogens is 692 g/mol. The van der Waals surface area contributed by atoms with Crippen LogP contribution in [0, 0.1) is 0 Å². The molecule has 16 heteroatoms. The van der Waals surface area contributed by atoms with Crippen molar-refractivity contribution in [1.29, 1.82) is 0 Å².